The Balaban J connectivity index is 1.64. The fourth-order valence-electron chi connectivity index (χ4n) is 3.53. The van der Waals surface area contributed by atoms with Crippen molar-refractivity contribution in [2.45, 2.75) is 46.6 Å². The van der Waals surface area contributed by atoms with Gasteiger partial charge in [0.15, 0.2) is 17.3 Å². The molecule has 1 heterocycles. The molecule has 5 heteroatoms. The number of aryl methyl sites for hydroxylation is 2. The average Bonchev–Trinajstić information content (AvgIpc) is 2.71. The number of rotatable bonds is 7. The Bertz CT molecular complexity index is 904. The maximum atomic E-state index is 12.6. The first-order chi connectivity index (χ1) is 13.8. The molecule has 1 aliphatic heterocycles. The standard InChI is InChI=1S/C24H29NO4/c1-15(2)24(18-7-9-21-22(14-18)29-12-11-28-21)25-23(27)10-8-20(26)19-13-16(3)5-6-17(19)4/h5-7,9,13-15,24H,8,10-12H2,1-4H3,(H,25,27). The lowest BCUT2D eigenvalue weighted by Gasteiger charge is -2.25. The SMILES string of the molecule is Cc1ccc(C)c(C(=O)CCC(=O)NC(c2ccc3c(c2)OCCO3)C(C)C)c1. The van der Waals surface area contributed by atoms with Crippen molar-refractivity contribution in [3.8, 4) is 11.5 Å². The average molecular weight is 395 g/mol. The van der Waals surface area contributed by atoms with Crippen molar-refractivity contribution in [3.63, 3.8) is 0 Å². The molecule has 0 bridgehead atoms. The van der Waals surface area contributed by atoms with E-state index in [1.54, 1.807) is 0 Å². The zero-order valence-electron chi connectivity index (χ0n) is 17.6. The van der Waals surface area contributed by atoms with Crippen LogP contribution in [0.2, 0.25) is 0 Å². The molecule has 1 N–H and O–H groups in total. The van der Waals surface area contributed by atoms with E-state index in [-0.39, 0.29) is 36.5 Å². The van der Waals surface area contributed by atoms with Gasteiger partial charge in [-0.3, -0.25) is 9.59 Å². The molecule has 1 amide bonds. The molecule has 154 valence electrons. The van der Waals surface area contributed by atoms with Gasteiger partial charge >= 0.3 is 0 Å². The van der Waals surface area contributed by atoms with Crippen molar-refractivity contribution in [2.24, 2.45) is 5.92 Å². The molecular weight excluding hydrogens is 366 g/mol. The van der Waals surface area contributed by atoms with E-state index in [4.69, 9.17) is 9.47 Å². The van der Waals surface area contributed by atoms with Gasteiger partial charge in [-0.05, 0) is 49.1 Å². The fraction of sp³-hybridized carbons (Fsp3) is 0.417. The fourth-order valence-corrected chi connectivity index (χ4v) is 3.53. The minimum atomic E-state index is -0.158. The zero-order chi connectivity index (χ0) is 21.0. The maximum Gasteiger partial charge on any atom is 0.220 e. The first-order valence-electron chi connectivity index (χ1n) is 10.1. The van der Waals surface area contributed by atoms with Crippen LogP contribution in [-0.2, 0) is 4.79 Å². The molecule has 1 aliphatic rings. The van der Waals surface area contributed by atoms with Crippen molar-refractivity contribution in [2.75, 3.05) is 13.2 Å². The van der Waals surface area contributed by atoms with E-state index >= 15 is 0 Å². The minimum absolute atomic E-state index is 0.00164. The van der Waals surface area contributed by atoms with Gasteiger partial charge in [0.25, 0.3) is 0 Å². The normalized spacial score (nSPS) is 13.8. The Morgan fingerprint density at radius 3 is 2.41 bits per heavy atom. The molecule has 0 fully saturated rings. The van der Waals surface area contributed by atoms with Crippen molar-refractivity contribution in [1.29, 1.82) is 0 Å². The summed E-state index contributed by atoms with van der Waals surface area (Å²) in [5, 5.41) is 3.08. The first-order valence-corrected chi connectivity index (χ1v) is 10.1. The number of fused-ring (bicyclic) bond motifs is 1. The van der Waals surface area contributed by atoms with E-state index in [1.807, 2.05) is 50.2 Å². The lowest BCUT2D eigenvalue weighted by molar-refractivity contribution is -0.122. The third kappa shape index (κ3) is 5.17. The predicted molar refractivity (Wildman–Crippen MR) is 113 cm³/mol. The highest BCUT2D eigenvalue weighted by Gasteiger charge is 2.22. The summed E-state index contributed by atoms with van der Waals surface area (Å²) in [6.45, 7) is 9.07. The van der Waals surface area contributed by atoms with Gasteiger partial charge in [0.1, 0.15) is 13.2 Å². The lowest BCUT2D eigenvalue weighted by Crippen LogP contribution is -2.32. The van der Waals surface area contributed by atoms with Gasteiger partial charge in [0.05, 0.1) is 6.04 Å². The van der Waals surface area contributed by atoms with Crippen LogP contribution in [-0.4, -0.2) is 24.9 Å². The summed E-state index contributed by atoms with van der Waals surface area (Å²) in [5.74, 6) is 1.50. The first kappa shape index (κ1) is 20.9. The maximum absolute atomic E-state index is 12.6. The minimum Gasteiger partial charge on any atom is -0.486 e. The highest BCUT2D eigenvalue weighted by Crippen LogP contribution is 2.34. The van der Waals surface area contributed by atoms with Crippen LogP contribution >= 0.6 is 0 Å². The number of carbonyl (C=O) groups excluding carboxylic acids is 2. The van der Waals surface area contributed by atoms with Crippen LogP contribution in [0.5, 0.6) is 11.5 Å². The topological polar surface area (TPSA) is 64.6 Å². The summed E-state index contributed by atoms with van der Waals surface area (Å²) < 4.78 is 11.2. The van der Waals surface area contributed by atoms with Crippen molar-refractivity contribution < 1.29 is 19.1 Å². The molecule has 0 saturated carbocycles. The molecule has 0 spiro atoms. The molecule has 3 rings (SSSR count). The van der Waals surface area contributed by atoms with Gasteiger partial charge in [-0.2, -0.15) is 0 Å². The second-order valence-corrected chi connectivity index (χ2v) is 7.93. The Morgan fingerprint density at radius 2 is 1.69 bits per heavy atom. The number of hydrogen-bond acceptors (Lipinski definition) is 4. The smallest absolute Gasteiger partial charge is 0.220 e. The van der Waals surface area contributed by atoms with E-state index in [0.29, 0.717) is 24.5 Å². The van der Waals surface area contributed by atoms with Crippen molar-refractivity contribution >= 4 is 11.7 Å². The second kappa shape index (κ2) is 9.12. The third-order valence-corrected chi connectivity index (χ3v) is 5.18. The summed E-state index contributed by atoms with van der Waals surface area (Å²) in [7, 11) is 0. The molecular formula is C24H29NO4. The van der Waals surface area contributed by atoms with Crippen LogP contribution in [0.1, 0.15) is 59.8 Å². The van der Waals surface area contributed by atoms with Gasteiger partial charge in [-0.15, -0.1) is 0 Å². The lowest BCUT2D eigenvalue weighted by atomic mass is 9.95. The number of Topliss-reactive ketones (excluding diaryl/α,β-unsaturated/α-hetero) is 1. The van der Waals surface area contributed by atoms with Crippen LogP contribution in [0.15, 0.2) is 36.4 Å². The number of ketones is 1. The Morgan fingerprint density at radius 1 is 0.966 bits per heavy atom. The van der Waals surface area contributed by atoms with Crippen molar-refractivity contribution in [1.82, 2.24) is 5.32 Å². The predicted octanol–water partition coefficient (Wildman–Crippen LogP) is 4.55. The molecule has 1 unspecified atom stereocenters. The molecule has 0 aromatic heterocycles. The number of ether oxygens (including phenoxy) is 2. The van der Waals surface area contributed by atoms with E-state index < -0.39 is 0 Å². The largest absolute Gasteiger partial charge is 0.486 e. The van der Waals surface area contributed by atoms with Crippen LogP contribution in [0.25, 0.3) is 0 Å². The number of nitrogens with one attached hydrogen (secondary N) is 1. The van der Waals surface area contributed by atoms with Crippen molar-refractivity contribution in [3.05, 3.63) is 58.7 Å². The zero-order valence-corrected chi connectivity index (χ0v) is 17.6. The van der Waals surface area contributed by atoms with Gasteiger partial charge in [-0.1, -0.05) is 37.6 Å². The Labute approximate surface area is 172 Å². The highest BCUT2D eigenvalue weighted by molar-refractivity contribution is 5.99. The molecule has 2 aromatic carbocycles. The molecule has 1 atom stereocenters. The third-order valence-electron chi connectivity index (χ3n) is 5.18. The molecule has 0 aliphatic carbocycles. The van der Waals surface area contributed by atoms with Gasteiger partial charge < -0.3 is 14.8 Å². The summed E-state index contributed by atoms with van der Waals surface area (Å²) in [4.78, 5) is 25.2. The molecule has 0 saturated heterocycles. The Hall–Kier alpha value is -2.82. The van der Waals surface area contributed by atoms with Crippen LogP contribution in [0, 0.1) is 19.8 Å². The van der Waals surface area contributed by atoms with Crippen LogP contribution in [0.3, 0.4) is 0 Å². The molecule has 29 heavy (non-hydrogen) atoms. The number of hydrogen-bond donors (Lipinski definition) is 1. The monoisotopic (exact) mass is 395 g/mol. The van der Waals surface area contributed by atoms with Gasteiger partial charge in [-0.25, -0.2) is 0 Å². The summed E-state index contributed by atoms with van der Waals surface area (Å²) in [6, 6.07) is 11.4. The number of amides is 1. The molecule has 5 nitrogen and oxygen atoms in total. The van der Waals surface area contributed by atoms with Crippen LogP contribution in [0.4, 0.5) is 0 Å². The molecule has 0 radical (unpaired) electrons. The van der Waals surface area contributed by atoms with Crippen LogP contribution < -0.4 is 14.8 Å². The quantitative estimate of drug-likeness (QED) is 0.699. The van der Waals surface area contributed by atoms with Gasteiger partial charge in [0.2, 0.25) is 5.91 Å². The highest BCUT2D eigenvalue weighted by atomic mass is 16.6. The van der Waals surface area contributed by atoms with E-state index in [2.05, 4.69) is 19.2 Å². The number of benzene rings is 2. The number of carbonyl (C=O) groups is 2. The summed E-state index contributed by atoms with van der Waals surface area (Å²) in [6.07, 6.45) is 0.363. The summed E-state index contributed by atoms with van der Waals surface area (Å²) in [5.41, 5.74) is 3.66. The van der Waals surface area contributed by atoms with E-state index in [9.17, 15) is 9.59 Å². The van der Waals surface area contributed by atoms with E-state index in [0.717, 1.165) is 22.4 Å². The Kier molecular flexibility index (Phi) is 6.57. The van der Waals surface area contributed by atoms with Gasteiger partial charge in [0, 0.05) is 18.4 Å². The summed E-state index contributed by atoms with van der Waals surface area (Å²) >= 11 is 0. The second-order valence-electron chi connectivity index (χ2n) is 7.93. The van der Waals surface area contributed by atoms with E-state index in [1.165, 1.54) is 0 Å². The molecule has 2 aromatic rings.